The molecule has 0 aliphatic carbocycles. The van der Waals surface area contributed by atoms with Crippen LogP contribution in [0.5, 0.6) is 5.75 Å². The number of hydrogen-bond donors (Lipinski definition) is 0. The zero-order valence-electron chi connectivity index (χ0n) is 11.0. The summed E-state index contributed by atoms with van der Waals surface area (Å²) < 4.78 is 5.64. The number of ether oxygens (including phenoxy) is 1. The van der Waals surface area contributed by atoms with Crippen LogP contribution in [-0.2, 0) is 0 Å². The Morgan fingerprint density at radius 2 is 1.72 bits per heavy atom. The molecule has 94 valence electrons. The maximum Gasteiger partial charge on any atom is 0.119 e. The summed E-state index contributed by atoms with van der Waals surface area (Å²) >= 11 is 0. The van der Waals surface area contributed by atoms with E-state index < -0.39 is 0 Å². The van der Waals surface area contributed by atoms with Gasteiger partial charge in [0.05, 0.1) is 6.61 Å². The third kappa shape index (κ3) is 3.33. The molecule has 2 heteroatoms. The molecule has 0 saturated heterocycles. The first kappa shape index (κ1) is 12.6. The van der Waals surface area contributed by atoms with Crippen LogP contribution in [0.25, 0.3) is 11.1 Å². The van der Waals surface area contributed by atoms with Crippen LogP contribution in [-0.4, -0.2) is 11.6 Å². The second kappa shape index (κ2) is 6.20. The molecule has 18 heavy (non-hydrogen) atoms. The maximum absolute atomic E-state index is 5.64. The average molecular weight is 241 g/mol. The summed E-state index contributed by atoms with van der Waals surface area (Å²) in [4.78, 5) is 4.31. The molecule has 1 heterocycles. The van der Waals surface area contributed by atoms with E-state index in [9.17, 15) is 0 Å². The molecule has 0 saturated carbocycles. The fraction of sp³-hybridized carbons (Fsp3) is 0.312. The molecular formula is C16H19NO. The second-order valence-electron chi connectivity index (χ2n) is 4.41. The van der Waals surface area contributed by atoms with Crippen molar-refractivity contribution in [1.82, 2.24) is 4.98 Å². The van der Waals surface area contributed by atoms with E-state index >= 15 is 0 Å². The van der Waals surface area contributed by atoms with Gasteiger partial charge in [-0.25, -0.2) is 0 Å². The summed E-state index contributed by atoms with van der Waals surface area (Å²) in [7, 11) is 0. The van der Waals surface area contributed by atoms with Crippen LogP contribution in [0.15, 0.2) is 42.6 Å². The highest BCUT2D eigenvalue weighted by Gasteiger charge is 1.99. The Morgan fingerprint density at radius 3 is 2.33 bits per heavy atom. The summed E-state index contributed by atoms with van der Waals surface area (Å²) in [6.07, 6.45) is 4.17. The normalized spacial score (nSPS) is 10.3. The Hall–Kier alpha value is -1.83. The lowest BCUT2D eigenvalue weighted by Gasteiger charge is -2.06. The molecule has 2 rings (SSSR count). The summed E-state index contributed by atoms with van der Waals surface area (Å²) in [5.74, 6) is 0.937. The van der Waals surface area contributed by atoms with E-state index in [0.717, 1.165) is 36.5 Å². The molecular weight excluding hydrogens is 222 g/mol. The quantitative estimate of drug-likeness (QED) is 0.731. The predicted molar refractivity (Wildman–Crippen MR) is 74.8 cm³/mol. The Bertz CT molecular complexity index is 473. The minimum Gasteiger partial charge on any atom is -0.494 e. The lowest BCUT2D eigenvalue weighted by Crippen LogP contribution is -1.95. The fourth-order valence-electron chi connectivity index (χ4n) is 1.72. The van der Waals surface area contributed by atoms with E-state index in [1.807, 2.05) is 31.3 Å². The molecule has 0 unspecified atom stereocenters. The van der Waals surface area contributed by atoms with Crippen LogP contribution in [0, 0.1) is 6.92 Å². The van der Waals surface area contributed by atoms with Gasteiger partial charge in [-0.15, -0.1) is 0 Å². The molecule has 0 bridgehead atoms. The number of hydrogen-bond acceptors (Lipinski definition) is 2. The molecule has 2 nitrogen and oxygen atoms in total. The Labute approximate surface area is 109 Å². The SMILES string of the molecule is CCCCOc1ccc(-c2ccc(C)nc2)cc1. The van der Waals surface area contributed by atoms with Gasteiger partial charge in [0.15, 0.2) is 0 Å². The largest absolute Gasteiger partial charge is 0.494 e. The highest BCUT2D eigenvalue weighted by Crippen LogP contribution is 2.21. The van der Waals surface area contributed by atoms with Crippen LogP contribution in [0.4, 0.5) is 0 Å². The van der Waals surface area contributed by atoms with E-state index in [0.29, 0.717) is 0 Å². The van der Waals surface area contributed by atoms with Crippen molar-refractivity contribution in [2.75, 3.05) is 6.61 Å². The lowest BCUT2D eigenvalue weighted by molar-refractivity contribution is 0.309. The van der Waals surface area contributed by atoms with Crippen molar-refractivity contribution in [3.05, 3.63) is 48.3 Å². The van der Waals surface area contributed by atoms with Gasteiger partial charge in [-0.05, 0) is 37.1 Å². The summed E-state index contributed by atoms with van der Waals surface area (Å²) in [6, 6.07) is 12.3. The number of benzene rings is 1. The van der Waals surface area contributed by atoms with E-state index in [1.165, 1.54) is 5.56 Å². The standard InChI is InChI=1S/C16H19NO/c1-3-4-11-18-16-9-7-14(8-10-16)15-6-5-13(2)17-12-15/h5-10,12H,3-4,11H2,1-2H3. The molecule has 0 atom stereocenters. The molecule has 0 aliphatic rings. The van der Waals surface area contributed by atoms with Crippen molar-refractivity contribution in [2.45, 2.75) is 26.7 Å². The van der Waals surface area contributed by atoms with Gasteiger partial charge < -0.3 is 4.74 Å². The molecule has 1 aromatic carbocycles. The van der Waals surface area contributed by atoms with Crippen molar-refractivity contribution in [3.63, 3.8) is 0 Å². The van der Waals surface area contributed by atoms with Gasteiger partial charge in [-0.3, -0.25) is 4.98 Å². The van der Waals surface area contributed by atoms with Crippen molar-refractivity contribution in [1.29, 1.82) is 0 Å². The van der Waals surface area contributed by atoms with Gasteiger partial charge in [0.2, 0.25) is 0 Å². The van der Waals surface area contributed by atoms with Gasteiger partial charge in [-0.2, -0.15) is 0 Å². The van der Waals surface area contributed by atoms with Crippen molar-refractivity contribution < 1.29 is 4.74 Å². The van der Waals surface area contributed by atoms with Crippen molar-refractivity contribution in [3.8, 4) is 16.9 Å². The topological polar surface area (TPSA) is 22.1 Å². The third-order valence-electron chi connectivity index (χ3n) is 2.87. The number of aryl methyl sites for hydroxylation is 1. The highest BCUT2D eigenvalue weighted by molar-refractivity contribution is 5.63. The van der Waals surface area contributed by atoms with Gasteiger partial charge in [0.25, 0.3) is 0 Å². The van der Waals surface area contributed by atoms with Gasteiger partial charge in [0, 0.05) is 17.5 Å². The molecule has 0 amide bonds. The molecule has 0 fully saturated rings. The van der Waals surface area contributed by atoms with Crippen LogP contribution >= 0.6 is 0 Å². The molecule has 0 radical (unpaired) electrons. The smallest absolute Gasteiger partial charge is 0.119 e. The summed E-state index contributed by atoms with van der Waals surface area (Å²) in [6.45, 7) is 4.95. The third-order valence-corrected chi connectivity index (χ3v) is 2.87. The van der Waals surface area contributed by atoms with Gasteiger partial charge in [-0.1, -0.05) is 31.5 Å². The maximum atomic E-state index is 5.64. The predicted octanol–water partition coefficient (Wildman–Crippen LogP) is 4.24. The lowest BCUT2D eigenvalue weighted by atomic mass is 10.1. The number of pyridine rings is 1. The number of aromatic nitrogens is 1. The van der Waals surface area contributed by atoms with Crippen LogP contribution < -0.4 is 4.74 Å². The van der Waals surface area contributed by atoms with E-state index in [4.69, 9.17) is 4.74 Å². The van der Waals surface area contributed by atoms with Crippen LogP contribution in [0.1, 0.15) is 25.5 Å². The van der Waals surface area contributed by atoms with E-state index in [1.54, 1.807) is 0 Å². The highest BCUT2D eigenvalue weighted by atomic mass is 16.5. The molecule has 1 aromatic heterocycles. The molecule has 0 spiro atoms. The first-order chi connectivity index (χ1) is 8.79. The summed E-state index contributed by atoms with van der Waals surface area (Å²) in [5, 5.41) is 0. The second-order valence-corrected chi connectivity index (χ2v) is 4.41. The molecule has 2 aromatic rings. The Balaban J connectivity index is 2.05. The minimum atomic E-state index is 0.794. The Kier molecular flexibility index (Phi) is 4.35. The Morgan fingerprint density at radius 1 is 1.00 bits per heavy atom. The van der Waals surface area contributed by atoms with Crippen LogP contribution in [0.3, 0.4) is 0 Å². The minimum absolute atomic E-state index is 0.794. The monoisotopic (exact) mass is 241 g/mol. The molecule has 0 aliphatic heterocycles. The number of unbranched alkanes of at least 4 members (excludes halogenated alkanes) is 1. The van der Waals surface area contributed by atoms with Crippen molar-refractivity contribution >= 4 is 0 Å². The first-order valence-corrected chi connectivity index (χ1v) is 6.45. The van der Waals surface area contributed by atoms with Gasteiger partial charge >= 0.3 is 0 Å². The van der Waals surface area contributed by atoms with E-state index in [-0.39, 0.29) is 0 Å². The summed E-state index contributed by atoms with van der Waals surface area (Å²) in [5.41, 5.74) is 3.35. The first-order valence-electron chi connectivity index (χ1n) is 6.45. The van der Waals surface area contributed by atoms with Gasteiger partial charge in [0.1, 0.15) is 5.75 Å². The zero-order chi connectivity index (χ0) is 12.8. The number of rotatable bonds is 5. The van der Waals surface area contributed by atoms with Crippen LogP contribution in [0.2, 0.25) is 0 Å². The molecule has 0 N–H and O–H groups in total. The number of nitrogens with zero attached hydrogens (tertiary/aromatic N) is 1. The zero-order valence-corrected chi connectivity index (χ0v) is 11.0. The van der Waals surface area contributed by atoms with Crippen molar-refractivity contribution in [2.24, 2.45) is 0 Å². The fourth-order valence-corrected chi connectivity index (χ4v) is 1.72. The van der Waals surface area contributed by atoms with E-state index in [2.05, 4.69) is 30.1 Å². The average Bonchev–Trinajstić information content (AvgIpc) is 2.41.